The average Bonchev–Trinajstić information content (AvgIpc) is 1.63. The summed E-state index contributed by atoms with van der Waals surface area (Å²) in [6.45, 7) is 5.07. The second kappa shape index (κ2) is 3.35. The highest BCUT2D eigenvalue weighted by Crippen LogP contribution is 2.01. The fourth-order valence-corrected chi connectivity index (χ4v) is 0.515. The van der Waals surface area contributed by atoms with Gasteiger partial charge in [-0.25, -0.2) is 0 Å². The highest BCUT2D eigenvalue weighted by molar-refractivity contribution is 7.84. The summed E-state index contributed by atoms with van der Waals surface area (Å²) in [6.07, 6.45) is 1.52. The molecular weight excluding hydrogens is 134 g/mol. The third-order valence-corrected chi connectivity index (χ3v) is 0.901. The SMILES string of the molecule is C=C(S)/C=C(\C)C(N)=O. The molecule has 0 aromatic heterocycles. The van der Waals surface area contributed by atoms with Crippen LogP contribution in [0.4, 0.5) is 0 Å². The van der Waals surface area contributed by atoms with Gasteiger partial charge in [-0.15, -0.1) is 12.6 Å². The second-order valence-electron chi connectivity index (χ2n) is 1.68. The Morgan fingerprint density at radius 2 is 2.22 bits per heavy atom. The van der Waals surface area contributed by atoms with Gasteiger partial charge in [-0.2, -0.15) is 0 Å². The number of hydrogen-bond acceptors (Lipinski definition) is 2. The first-order valence-electron chi connectivity index (χ1n) is 2.40. The minimum Gasteiger partial charge on any atom is -0.366 e. The van der Waals surface area contributed by atoms with Gasteiger partial charge >= 0.3 is 0 Å². The van der Waals surface area contributed by atoms with Crippen molar-refractivity contribution in [2.24, 2.45) is 5.73 Å². The van der Waals surface area contributed by atoms with Crippen molar-refractivity contribution in [2.45, 2.75) is 6.92 Å². The molecule has 3 heteroatoms. The zero-order valence-corrected chi connectivity index (χ0v) is 6.11. The van der Waals surface area contributed by atoms with E-state index in [-0.39, 0.29) is 0 Å². The maximum atomic E-state index is 10.3. The number of thiol groups is 1. The molecule has 0 aromatic carbocycles. The first-order valence-corrected chi connectivity index (χ1v) is 2.84. The molecule has 9 heavy (non-hydrogen) atoms. The van der Waals surface area contributed by atoms with E-state index >= 15 is 0 Å². The molecule has 0 bridgehead atoms. The van der Waals surface area contributed by atoms with Crippen molar-refractivity contribution in [1.29, 1.82) is 0 Å². The van der Waals surface area contributed by atoms with Gasteiger partial charge in [-0.3, -0.25) is 4.79 Å². The minimum atomic E-state index is -0.440. The summed E-state index contributed by atoms with van der Waals surface area (Å²) in [4.78, 5) is 10.8. The van der Waals surface area contributed by atoms with Gasteiger partial charge in [0.2, 0.25) is 5.91 Å². The van der Waals surface area contributed by atoms with Crippen molar-refractivity contribution in [3.63, 3.8) is 0 Å². The van der Waals surface area contributed by atoms with E-state index in [1.807, 2.05) is 0 Å². The number of primary amides is 1. The van der Waals surface area contributed by atoms with Gasteiger partial charge in [0.25, 0.3) is 0 Å². The molecule has 0 aliphatic carbocycles. The Morgan fingerprint density at radius 1 is 1.78 bits per heavy atom. The lowest BCUT2D eigenvalue weighted by atomic mass is 10.3. The summed E-state index contributed by atoms with van der Waals surface area (Å²) in [5.74, 6) is -0.440. The molecule has 0 spiro atoms. The summed E-state index contributed by atoms with van der Waals surface area (Å²) in [6, 6.07) is 0. The van der Waals surface area contributed by atoms with Gasteiger partial charge < -0.3 is 5.73 Å². The van der Waals surface area contributed by atoms with Crippen LogP contribution in [-0.4, -0.2) is 5.91 Å². The zero-order valence-electron chi connectivity index (χ0n) is 5.22. The average molecular weight is 143 g/mol. The summed E-state index contributed by atoms with van der Waals surface area (Å²) in [7, 11) is 0. The topological polar surface area (TPSA) is 43.1 Å². The Hall–Kier alpha value is -0.700. The molecule has 1 amide bonds. The Balaban J connectivity index is 4.17. The molecule has 0 aromatic rings. The van der Waals surface area contributed by atoms with Crippen molar-refractivity contribution >= 4 is 18.5 Å². The number of amides is 1. The van der Waals surface area contributed by atoms with Gasteiger partial charge in [0.05, 0.1) is 0 Å². The first-order chi connectivity index (χ1) is 4.04. The lowest BCUT2D eigenvalue weighted by Crippen LogP contribution is -2.11. The van der Waals surface area contributed by atoms with Crippen LogP contribution >= 0.6 is 12.6 Å². The Labute approximate surface area is 59.8 Å². The van der Waals surface area contributed by atoms with Crippen LogP contribution in [0.25, 0.3) is 0 Å². The Morgan fingerprint density at radius 3 is 2.33 bits per heavy atom. The molecule has 0 atom stereocenters. The largest absolute Gasteiger partial charge is 0.366 e. The third-order valence-electron chi connectivity index (χ3n) is 0.772. The van der Waals surface area contributed by atoms with Crippen molar-refractivity contribution in [3.8, 4) is 0 Å². The molecule has 0 aliphatic heterocycles. The lowest BCUT2D eigenvalue weighted by molar-refractivity contribution is -0.114. The van der Waals surface area contributed by atoms with E-state index in [0.29, 0.717) is 10.5 Å². The van der Waals surface area contributed by atoms with Crippen molar-refractivity contribution in [2.75, 3.05) is 0 Å². The Kier molecular flexibility index (Phi) is 3.09. The van der Waals surface area contributed by atoms with Crippen LogP contribution in [0, 0.1) is 0 Å². The number of hydrogen-bond donors (Lipinski definition) is 2. The summed E-state index contributed by atoms with van der Waals surface area (Å²) in [5, 5.41) is 0. The molecule has 0 aliphatic rings. The standard InChI is InChI=1S/C6H9NOS/c1-4(6(7)8)3-5(2)9/h3,9H,2H2,1H3,(H2,7,8)/b4-3+. The molecule has 50 valence electrons. The molecule has 2 N–H and O–H groups in total. The van der Waals surface area contributed by atoms with E-state index in [2.05, 4.69) is 19.2 Å². The van der Waals surface area contributed by atoms with Crippen LogP contribution in [0.5, 0.6) is 0 Å². The maximum Gasteiger partial charge on any atom is 0.244 e. The molecule has 0 unspecified atom stereocenters. The van der Waals surface area contributed by atoms with Crippen molar-refractivity contribution in [3.05, 3.63) is 23.1 Å². The molecular formula is C6H9NOS. The van der Waals surface area contributed by atoms with E-state index in [1.54, 1.807) is 6.92 Å². The number of carbonyl (C=O) groups is 1. The van der Waals surface area contributed by atoms with E-state index in [1.165, 1.54) is 6.08 Å². The smallest absolute Gasteiger partial charge is 0.244 e. The number of rotatable bonds is 2. The Bertz CT molecular complexity index is 172. The highest BCUT2D eigenvalue weighted by atomic mass is 32.1. The quantitative estimate of drug-likeness (QED) is 0.336. The van der Waals surface area contributed by atoms with Gasteiger partial charge in [-0.1, -0.05) is 6.58 Å². The van der Waals surface area contributed by atoms with Crippen LogP contribution < -0.4 is 5.73 Å². The monoisotopic (exact) mass is 143 g/mol. The normalized spacial score (nSPS) is 11.1. The fourth-order valence-electron chi connectivity index (χ4n) is 0.321. The van der Waals surface area contributed by atoms with E-state index in [0.717, 1.165) is 0 Å². The summed E-state index contributed by atoms with van der Waals surface area (Å²) in [5.41, 5.74) is 5.37. The van der Waals surface area contributed by atoms with Crippen LogP contribution in [0.15, 0.2) is 23.1 Å². The van der Waals surface area contributed by atoms with E-state index < -0.39 is 5.91 Å². The van der Waals surface area contributed by atoms with Crippen molar-refractivity contribution < 1.29 is 4.79 Å². The molecule has 0 saturated carbocycles. The van der Waals surface area contributed by atoms with Crippen LogP contribution in [-0.2, 0) is 4.79 Å². The zero-order chi connectivity index (χ0) is 7.44. The molecule has 0 fully saturated rings. The van der Waals surface area contributed by atoms with Crippen molar-refractivity contribution in [1.82, 2.24) is 0 Å². The van der Waals surface area contributed by atoms with E-state index in [4.69, 9.17) is 5.73 Å². The molecule has 0 rings (SSSR count). The predicted molar refractivity (Wildman–Crippen MR) is 41.1 cm³/mol. The maximum absolute atomic E-state index is 10.3. The number of nitrogens with two attached hydrogens (primary N) is 1. The highest BCUT2D eigenvalue weighted by Gasteiger charge is 1.94. The lowest BCUT2D eigenvalue weighted by Gasteiger charge is -1.90. The molecule has 0 heterocycles. The van der Waals surface area contributed by atoms with Crippen LogP contribution in [0.1, 0.15) is 6.92 Å². The third kappa shape index (κ3) is 3.85. The second-order valence-corrected chi connectivity index (χ2v) is 2.26. The summed E-state index contributed by atoms with van der Waals surface area (Å²) < 4.78 is 0. The van der Waals surface area contributed by atoms with Gasteiger partial charge in [-0.05, 0) is 17.9 Å². The summed E-state index contributed by atoms with van der Waals surface area (Å²) >= 11 is 3.85. The fraction of sp³-hybridized carbons (Fsp3) is 0.167. The van der Waals surface area contributed by atoms with E-state index in [9.17, 15) is 4.79 Å². The van der Waals surface area contributed by atoms with Crippen LogP contribution in [0.3, 0.4) is 0 Å². The number of carbonyl (C=O) groups excluding carboxylic acids is 1. The minimum absolute atomic E-state index is 0.440. The van der Waals surface area contributed by atoms with Gasteiger partial charge in [0.15, 0.2) is 0 Å². The molecule has 0 radical (unpaired) electrons. The molecule has 0 saturated heterocycles. The van der Waals surface area contributed by atoms with Crippen LogP contribution in [0.2, 0.25) is 0 Å². The van der Waals surface area contributed by atoms with Gasteiger partial charge in [0.1, 0.15) is 0 Å². The first kappa shape index (κ1) is 8.30. The number of allylic oxidation sites excluding steroid dienone is 1. The predicted octanol–water partition coefficient (Wildman–Crippen LogP) is 0.862. The molecule has 2 nitrogen and oxygen atoms in total. The van der Waals surface area contributed by atoms with Gasteiger partial charge in [0, 0.05) is 5.57 Å².